The third-order valence-electron chi connectivity index (χ3n) is 4.47. The molecule has 0 saturated heterocycles. The zero-order valence-corrected chi connectivity index (χ0v) is 16.6. The van der Waals surface area contributed by atoms with Crippen molar-refractivity contribution in [3.63, 3.8) is 0 Å². The van der Waals surface area contributed by atoms with E-state index in [1.807, 2.05) is 13.0 Å². The number of amides is 1. The summed E-state index contributed by atoms with van der Waals surface area (Å²) in [4.78, 5) is 12.3. The van der Waals surface area contributed by atoms with Crippen molar-refractivity contribution in [1.29, 1.82) is 0 Å². The minimum atomic E-state index is -0.0137. The minimum Gasteiger partial charge on any atom is -0.493 e. The Kier molecular flexibility index (Phi) is 6.30. The van der Waals surface area contributed by atoms with Gasteiger partial charge in [-0.1, -0.05) is 45.0 Å². The number of nitrogens with one attached hydrogen (secondary N) is 1. The summed E-state index contributed by atoms with van der Waals surface area (Å²) in [6.45, 7) is 8.52. The summed E-state index contributed by atoms with van der Waals surface area (Å²) in [6, 6.07) is 12.2. The average Bonchev–Trinajstić information content (AvgIpc) is 2.60. The normalized spacial score (nSPS) is 11.2. The highest BCUT2D eigenvalue weighted by Gasteiger charge is 2.14. The molecule has 0 radical (unpaired) electrons. The number of benzene rings is 2. The van der Waals surface area contributed by atoms with Crippen LogP contribution in [-0.4, -0.2) is 20.1 Å². The van der Waals surface area contributed by atoms with Gasteiger partial charge in [-0.25, -0.2) is 0 Å². The van der Waals surface area contributed by atoms with Crippen LogP contribution in [0.2, 0.25) is 0 Å². The number of methoxy groups -OCH3 is 2. The first-order chi connectivity index (χ1) is 12.2. The van der Waals surface area contributed by atoms with Gasteiger partial charge in [-0.05, 0) is 41.5 Å². The van der Waals surface area contributed by atoms with E-state index in [2.05, 4.69) is 50.4 Å². The van der Waals surface area contributed by atoms with Gasteiger partial charge in [-0.3, -0.25) is 4.79 Å². The molecule has 4 heteroatoms. The molecular formula is C22H29NO3. The van der Waals surface area contributed by atoms with Crippen LogP contribution in [0.15, 0.2) is 36.4 Å². The van der Waals surface area contributed by atoms with Crippen LogP contribution >= 0.6 is 0 Å². The molecule has 2 aromatic carbocycles. The number of hydrogen-bond acceptors (Lipinski definition) is 3. The SMILES string of the molecule is COc1cc(C)c(NC(=O)CCc2ccc(C(C)(C)C)cc2)cc1OC. The lowest BCUT2D eigenvalue weighted by Gasteiger charge is -2.19. The van der Waals surface area contributed by atoms with E-state index in [9.17, 15) is 4.79 Å². The number of rotatable bonds is 6. The van der Waals surface area contributed by atoms with Crippen molar-refractivity contribution in [3.8, 4) is 11.5 Å². The Morgan fingerprint density at radius 2 is 1.58 bits per heavy atom. The first-order valence-corrected chi connectivity index (χ1v) is 8.86. The predicted molar refractivity (Wildman–Crippen MR) is 106 cm³/mol. The van der Waals surface area contributed by atoms with Crippen molar-refractivity contribution in [2.75, 3.05) is 19.5 Å². The smallest absolute Gasteiger partial charge is 0.224 e. The summed E-state index contributed by atoms with van der Waals surface area (Å²) in [5.41, 5.74) is 4.28. The summed E-state index contributed by atoms with van der Waals surface area (Å²) in [7, 11) is 3.18. The second-order valence-electron chi connectivity index (χ2n) is 7.52. The molecule has 1 N–H and O–H groups in total. The van der Waals surface area contributed by atoms with Crippen LogP contribution in [0.3, 0.4) is 0 Å². The van der Waals surface area contributed by atoms with Crippen molar-refractivity contribution in [3.05, 3.63) is 53.1 Å². The highest BCUT2D eigenvalue weighted by molar-refractivity contribution is 5.92. The molecule has 26 heavy (non-hydrogen) atoms. The fourth-order valence-corrected chi connectivity index (χ4v) is 2.76. The second-order valence-corrected chi connectivity index (χ2v) is 7.52. The number of aryl methyl sites for hydroxylation is 2. The molecule has 1 amide bonds. The van der Waals surface area contributed by atoms with E-state index >= 15 is 0 Å². The molecule has 4 nitrogen and oxygen atoms in total. The maximum absolute atomic E-state index is 12.3. The van der Waals surface area contributed by atoms with Crippen molar-refractivity contribution < 1.29 is 14.3 Å². The van der Waals surface area contributed by atoms with Crippen LogP contribution in [0, 0.1) is 6.92 Å². The van der Waals surface area contributed by atoms with Crippen LogP contribution in [0.5, 0.6) is 11.5 Å². The molecule has 0 aliphatic carbocycles. The lowest BCUT2D eigenvalue weighted by Crippen LogP contribution is -2.14. The van der Waals surface area contributed by atoms with E-state index in [-0.39, 0.29) is 11.3 Å². The standard InChI is InChI=1S/C22H29NO3/c1-15-13-19(25-5)20(26-6)14-18(15)23-21(24)12-9-16-7-10-17(11-8-16)22(2,3)4/h7-8,10-11,13-14H,9,12H2,1-6H3,(H,23,24). The molecule has 0 aromatic heterocycles. The topological polar surface area (TPSA) is 47.6 Å². The van der Waals surface area contributed by atoms with Gasteiger partial charge in [-0.15, -0.1) is 0 Å². The number of ether oxygens (including phenoxy) is 2. The van der Waals surface area contributed by atoms with Gasteiger partial charge in [0.25, 0.3) is 0 Å². The molecule has 2 aromatic rings. The summed E-state index contributed by atoms with van der Waals surface area (Å²) in [5.74, 6) is 1.24. The van der Waals surface area contributed by atoms with Crippen molar-refractivity contribution in [2.45, 2.75) is 46.0 Å². The largest absolute Gasteiger partial charge is 0.493 e. The molecule has 0 saturated carbocycles. The highest BCUT2D eigenvalue weighted by atomic mass is 16.5. The third-order valence-corrected chi connectivity index (χ3v) is 4.47. The summed E-state index contributed by atoms with van der Waals surface area (Å²) >= 11 is 0. The zero-order valence-electron chi connectivity index (χ0n) is 16.6. The first kappa shape index (κ1) is 19.8. The Bertz CT molecular complexity index is 758. The Labute approximate surface area is 156 Å². The molecule has 0 fully saturated rings. The monoisotopic (exact) mass is 355 g/mol. The van der Waals surface area contributed by atoms with Crippen molar-refractivity contribution in [1.82, 2.24) is 0 Å². The molecule has 0 aliphatic heterocycles. The predicted octanol–water partition coefficient (Wildman–Crippen LogP) is 4.88. The van der Waals surface area contributed by atoms with Gasteiger partial charge in [0.05, 0.1) is 14.2 Å². The number of anilines is 1. The Morgan fingerprint density at radius 1 is 1.00 bits per heavy atom. The zero-order chi connectivity index (χ0) is 19.3. The fourth-order valence-electron chi connectivity index (χ4n) is 2.76. The van der Waals surface area contributed by atoms with Crippen LogP contribution < -0.4 is 14.8 Å². The molecule has 0 unspecified atom stereocenters. The molecule has 0 atom stereocenters. The second kappa shape index (κ2) is 8.26. The summed E-state index contributed by atoms with van der Waals surface area (Å²) in [5, 5.41) is 2.97. The lowest BCUT2D eigenvalue weighted by atomic mass is 9.86. The van der Waals surface area contributed by atoms with Gasteiger partial charge < -0.3 is 14.8 Å². The first-order valence-electron chi connectivity index (χ1n) is 8.86. The van der Waals surface area contributed by atoms with E-state index in [0.717, 1.165) is 16.8 Å². The van der Waals surface area contributed by atoms with E-state index in [1.165, 1.54) is 5.56 Å². The van der Waals surface area contributed by atoms with Crippen molar-refractivity contribution in [2.24, 2.45) is 0 Å². The van der Waals surface area contributed by atoms with E-state index in [4.69, 9.17) is 9.47 Å². The highest BCUT2D eigenvalue weighted by Crippen LogP contribution is 2.33. The molecule has 0 heterocycles. The minimum absolute atomic E-state index is 0.0137. The number of carbonyl (C=O) groups is 1. The molecule has 0 aliphatic rings. The van der Waals surface area contributed by atoms with Gasteiger partial charge >= 0.3 is 0 Å². The van der Waals surface area contributed by atoms with Gasteiger partial charge in [-0.2, -0.15) is 0 Å². The van der Waals surface area contributed by atoms with Crippen LogP contribution in [0.25, 0.3) is 0 Å². The summed E-state index contributed by atoms with van der Waals surface area (Å²) in [6.07, 6.45) is 1.14. The van der Waals surface area contributed by atoms with E-state index in [0.29, 0.717) is 24.3 Å². The van der Waals surface area contributed by atoms with Gasteiger partial charge in [0.1, 0.15) is 0 Å². The molecule has 0 bridgehead atoms. The van der Waals surface area contributed by atoms with Crippen LogP contribution in [0.1, 0.15) is 43.9 Å². The quantitative estimate of drug-likeness (QED) is 0.803. The van der Waals surface area contributed by atoms with Crippen LogP contribution in [0.4, 0.5) is 5.69 Å². The molecule has 2 rings (SSSR count). The van der Waals surface area contributed by atoms with Crippen LogP contribution in [-0.2, 0) is 16.6 Å². The molecular weight excluding hydrogens is 326 g/mol. The average molecular weight is 355 g/mol. The maximum Gasteiger partial charge on any atom is 0.224 e. The molecule has 0 spiro atoms. The van der Waals surface area contributed by atoms with Gasteiger partial charge in [0, 0.05) is 18.2 Å². The van der Waals surface area contributed by atoms with E-state index < -0.39 is 0 Å². The van der Waals surface area contributed by atoms with E-state index in [1.54, 1.807) is 20.3 Å². The third kappa shape index (κ3) is 5.01. The Balaban J connectivity index is 1.99. The lowest BCUT2D eigenvalue weighted by molar-refractivity contribution is -0.116. The number of hydrogen-bond donors (Lipinski definition) is 1. The summed E-state index contributed by atoms with van der Waals surface area (Å²) < 4.78 is 10.6. The Morgan fingerprint density at radius 3 is 2.12 bits per heavy atom. The number of carbonyl (C=O) groups excluding carboxylic acids is 1. The molecule has 140 valence electrons. The Hall–Kier alpha value is -2.49. The fraction of sp³-hybridized carbons (Fsp3) is 0.409. The van der Waals surface area contributed by atoms with Gasteiger partial charge in [0.2, 0.25) is 5.91 Å². The van der Waals surface area contributed by atoms with Crippen molar-refractivity contribution >= 4 is 11.6 Å². The maximum atomic E-state index is 12.3. The van der Waals surface area contributed by atoms with Gasteiger partial charge in [0.15, 0.2) is 11.5 Å².